The van der Waals surface area contributed by atoms with Gasteiger partial charge in [0.1, 0.15) is 27.6 Å². The molecule has 18 heavy (non-hydrogen) atoms. The summed E-state index contributed by atoms with van der Waals surface area (Å²) in [6, 6.07) is 1.78. The Hall–Kier alpha value is -1.23. The number of halogens is 1. The molecule has 5 heteroatoms. The number of methoxy groups -OCH3 is 1. The Bertz CT molecular complexity index is 484. The average Bonchev–Trinajstić information content (AvgIpc) is 2.33. The Morgan fingerprint density at radius 2 is 2.33 bits per heavy atom. The molecule has 1 atom stereocenters. The van der Waals surface area contributed by atoms with Gasteiger partial charge in [-0.2, -0.15) is 0 Å². The summed E-state index contributed by atoms with van der Waals surface area (Å²) < 4.78 is 10.8. The Labute approximate surface area is 114 Å². The standard InChI is InChI=1S/C13H15BrO4/c1-3-4-8-5-7-6-9(17-2)11(14)12(15)10(7)13(16)18-8/h6,8,15H,3-5H2,1-2H3/t8-/m1/s1. The van der Waals surface area contributed by atoms with E-state index in [9.17, 15) is 9.90 Å². The van der Waals surface area contributed by atoms with Gasteiger partial charge in [-0.3, -0.25) is 0 Å². The van der Waals surface area contributed by atoms with Crippen molar-refractivity contribution in [1.29, 1.82) is 0 Å². The number of hydrogen-bond donors (Lipinski definition) is 1. The van der Waals surface area contributed by atoms with E-state index in [4.69, 9.17) is 9.47 Å². The zero-order valence-electron chi connectivity index (χ0n) is 10.3. The van der Waals surface area contributed by atoms with Crippen molar-refractivity contribution in [3.63, 3.8) is 0 Å². The van der Waals surface area contributed by atoms with Crippen LogP contribution in [0, 0.1) is 0 Å². The highest BCUT2D eigenvalue weighted by Crippen LogP contribution is 2.41. The fourth-order valence-electron chi connectivity index (χ4n) is 2.19. The molecule has 0 saturated heterocycles. The van der Waals surface area contributed by atoms with Crippen LogP contribution in [0.4, 0.5) is 0 Å². The zero-order chi connectivity index (χ0) is 13.3. The van der Waals surface area contributed by atoms with E-state index in [1.807, 2.05) is 6.92 Å². The molecule has 4 nitrogen and oxygen atoms in total. The number of ether oxygens (including phenoxy) is 2. The molecule has 0 fully saturated rings. The van der Waals surface area contributed by atoms with Gasteiger partial charge in [-0.25, -0.2) is 4.79 Å². The lowest BCUT2D eigenvalue weighted by molar-refractivity contribution is 0.0232. The van der Waals surface area contributed by atoms with Crippen molar-refractivity contribution in [3.05, 3.63) is 21.7 Å². The third-order valence-corrected chi connectivity index (χ3v) is 3.81. The zero-order valence-corrected chi connectivity index (χ0v) is 11.9. The van der Waals surface area contributed by atoms with Gasteiger partial charge in [-0.05, 0) is 34.0 Å². The van der Waals surface area contributed by atoms with E-state index in [1.165, 1.54) is 7.11 Å². The molecule has 1 aliphatic rings. The highest BCUT2D eigenvalue weighted by molar-refractivity contribution is 9.10. The minimum atomic E-state index is -0.462. The highest BCUT2D eigenvalue weighted by Gasteiger charge is 2.31. The van der Waals surface area contributed by atoms with Crippen LogP contribution in [0.15, 0.2) is 10.5 Å². The van der Waals surface area contributed by atoms with Gasteiger partial charge in [0.2, 0.25) is 0 Å². The molecule has 1 aromatic carbocycles. The van der Waals surface area contributed by atoms with Crippen LogP contribution in [0.3, 0.4) is 0 Å². The summed E-state index contributed by atoms with van der Waals surface area (Å²) in [7, 11) is 1.52. The smallest absolute Gasteiger partial charge is 0.342 e. The Morgan fingerprint density at radius 3 is 2.94 bits per heavy atom. The topological polar surface area (TPSA) is 55.8 Å². The molecule has 0 bridgehead atoms. The Morgan fingerprint density at radius 1 is 1.61 bits per heavy atom. The minimum Gasteiger partial charge on any atom is -0.506 e. The minimum absolute atomic E-state index is 0.107. The molecular weight excluding hydrogens is 300 g/mol. The number of rotatable bonds is 3. The Balaban J connectivity index is 2.47. The number of phenolic OH excluding ortho intramolecular Hbond substituents is 1. The maximum Gasteiger partial charge on any atom is 0.342 e. The number of carbonyl (C=O) groups excluding carboxylic acids is 1. The first-order valence-electron chi connectivity index (χ1n) is 5.87. The normalized spacial score (nSPS) is 18.2. The second-order valence-electron chi connectivity index (χ2n) is 4.30. The molecule has 0 saturated carbocycles. The van der Waals surface area contributed by atoms with E-state index in [0.717, 1.165) is 18.4 Å². The molecule has 1 aliphatic heterocycles. The lowest BCUT2D eigenvalue weighted by atomic mass is 9.95. The summed E-state index contributed by atoms with van der Waals surface area (Å²) in [5.41, 5.74) is 1.03. The highest BCUT2D eigenvalue weighted by atomic mass is 79.9. The number of aromatic hydroxyl groups is 1. The van der Waals surface area contributed by atoms with Crippen molar-refractivity contribution >= 4 is 21.9 Å². The van der Waals surface area contributed by atoms with Crippen LogP contribution in [0.25, 0.3) is 0 Å². The molecule has 1 aromatic rings. The summed E-state index contributed by atoms with van der Waals surface area (Å²) in [6.45, 7) is 2.04. The van der Waals surface area contributed by atoms with Crippen LogP contribution in [0.5, 0.6) is 11.5 Å². The monoisotopic (exact) mass is 314 g/mol. The maximum atomic E-state index is 11.9. The predicted molar refractivity (Wildman–Crippen MR) is 70.2 cm³/mol. The third-order valence-electron chi connectivity index (χ3n) is 3.04. The van der Waals surface area contributed by atoms with Crippen LogP contribution in [-0.2, 0) is 11.2 Å². The molecule has 0 aliphatic carbocycles. The number of carbonyl (C=O) groups is 1. The molecule has 2 rings (SSSR count). The quantitative estimate of drug-likeness (QED) is 0.871. The van der Waals surface area contributed by atoms with E-state index in [0.29, 0.717) is 16.6 Å². The van der Waals surface area contributed by atoms with Crippen molar-refractivity contribution in [3.8, 4) is 11.5 Å². The SMILES string of the molecule is CCC[C@@H]1Cc2cc(OC)c(Br)c(O)c2C(=O)O1. The van der Waals surface area contributed by atoms with Gasteiger partial charge in [0.15, 0.2) is 0 Å². The molecule has 1 heterocycles. The van der Waals surface area contributed by atoms with Crippen LogP contribution >= 0.6 is 15.9 Å². The number of phenols is 1. The van der Waals surface area contributed by atoms with Gasteiger partial charge < -0.3 is 14.6 Å². The van der Waals surface area contributed by atoms with Gasteiger partial charge in [0.05, 0.1) is 7.11 Å². The predicted octanol–water partition coefficient (Wildman–Crippen LogP) is 3.04. The van der Waals surface area contributed by atoms with Crippen molar-refractivity contribution < 1.29 is 19.4 Å². The fraction of sp³-hybridized carbons (Fsp3) is 0.462. The van der Waals surface area contributed by atoms with Crippen molar-refractivity contribution in [1.82, 2.24) is 0 Å². The van der Waals surface area contributed by atoms with Crippen molar-refractivity contribution in [2.24, 2.45) is 0 Å². The Kier molecular flexibility index (Phi) is 3.80. The largest absolute Gasteiger partial charge is 0.506 e. The summed E-state index contributed by atoms with van der Waals surface area (Å²) in [5.74, 6) is -0.0453. The molecular formula is C13H15BrO4. The van der Waals surface area contributed by atoms with Crippen LogP contribution in [-0.4, -0.2) is 24.3 Å². The summed E-state index contributed by atoms with van der Waals surface area (Å²) in [6.07, 6.45) is 2.28. The molecule has 0 amide bonds. The number of fused-ring (bicyclic) bond motifs is 1. The van der Waals surface area contributed by atoms with Crippen LogP contribution < -0.4 is 4.74 Å². The first-order chi connectivity index (χ1) is 8.58. The fourth-order valence-corrected chi connectivity index (χ4v) is 2.66. The van der Waals surface area contributed by atoms with Gasteiger partial charge in [-0.1, -0.05) is 13.3 Å². The molecule has 0 unspecified atom stereocenters. The summed E-state index contributed by atoms with van der Waals surface area (Å²) >= 11 is 3.21. The number of hydrogen-bond acceptors (Lipinski definition) is 4. The lowest BCUT2D eigenvalue weighted by Crippen LogP contribution is -2.27. The summed E-state index contributed by atoms with van der Waals surface area (Å²) in [5, 5.41) is 10.0. The maximum absolute atomic E-state index is 11.9. The first-order valence-corrected chi connectivity index (χ1v) is 6.67. The van der Waals surface area contributed by atoms with E-state index in [1.54, 1.807) is 6.07 Å². The number of esters is 1. The second-order valence-corrected chi connectivity index (χ2v) is 5.09. The van der Waals surface area contributed by atoms with Gasteiger partial charge in [-0.15, -0.1) is 0 Å². The van der Waals surface area contributed by atoms with Crippen molar-refractivity contribution in [2.45, 2.75) is 32.3 Å². The number of benzene rings is 1. The van der Waals surface area contributed by atoms with Crippen molar-refractivity contribution in [2.75, 3.05) is 7.11 Å². The third kappa shape index (κ3) is 2.19. The molecule has 0 spiro atoms. The summed E-state index contributed by atoms with van der Waals surface area (Å²) in [4.78, 5) is 11.9. The van der Waals surface area contributed by atoms with Crippen LogP contribution in [0.2, 0.25) is 0 Å². The van der Waals surface area contributed by atoms with Gasteiger partial charge in [0.25, 0.3) is 0 Å². The average molecular weight is 315 g/mol. The first kappa shape index (κ1) is 13.2. The van der Waals surface area contributed by atoms with Gasteiger partial charge >= 0.3 is 5.97 Å². The van der Waals surface area contributed by atoms with E-state index >= 15 is 0 Å². The van der Waals surface area contributed by atoms with E-state index in [-0.39, 0.29) is 17.4 Å². The second kappa shape index (κ2) is 5.18. The van der Waals surface area contributed by atoms with Crippen LogP contribution in [0.1, 0.15) is 35.7 Å². The van der Waals surface area contributed by atoms with E-state index < -0.39 is 5.97 Å². The molecule has 1 N–H and O–H groups in total. The molecule has 98 valence electrons. The van der Waals surface area contributed by atoms with E-state index in [2.05, 4.69) is 15.9 Å². The number of cyclic esters (lactones) is 1. The lowest BCUT2D eigenvalue weighted by Gasteiger charge is -2.25. The molecule has 0 aromatic heterocycles. The molecule has 0 radical (unpaired) electrons. The van der Waals surface area contributed by atoms with Gasteiger partial charge in [0, 0.05) is 6.42 Å².